The first kappa shape index (κ1) is 10.9. The maximum Gasteiger partial charge on any atom is 0.276 e. The van der Waals surface area contributed by atoms with E-state index in [1.165, 1.54) is 6.42 Å². The van der Waals surface area contributed by atoms with Crippen molar-refractivity contribution >= 4 is 16.8 Å². The Labute approximate surface area is 116 Å². The first-order valence-electron chi connectivity index (χ1n) is 7.33. The van der Waals surface area contributed by atoms with E-state index in [1.807, 2.05) is 24.3 Å². The lowest BCUT2D eigenvalue weighted by Gasteiger charge is -2.35. The van der Waals surface area contributed by atoms with Gasteiger partial charge in [-0.2, -0.15) is 5.10 Å². The number of rotatable bonds is 1. The second kappa shape index (κ2) is 3.61. The van der Waals surface area contributed by atoms with Crippen LogP contribution in [0.2, 0.25) is 0 Å². The van der Waals surface area contributed by atoms with Crippen molar-refractivity contribution in [3.63, 3.8) is 0 Å². The number of carbonyl (C=O) groups is 1. The molecule has 4 bridgehead atoms. The molecule has 1 aromatic carbocycles. The monoisotopic (exact) mass is 268 g/mol. The third kappa shape index (κ3) is 1.21. The molecule has 4 saturated heterocycles. The molecule has 2 aromatic rings. The number of hydrogen-bond acceptors (Lipinski definition) is 3. The molecule has 1 amide bonds. The molecule has 102 valence electrons. The van der Waals surface area contributed by atoms with Gasteiger partial charge in [-0.1, -0.05) is 18.2 Å². The summed E-state index contributed by atoms with van der Waals surface area (Å²) in [5.41, 5.74) is 1.52. The average Bonchev–Trinajstić information content (AvgIpc) is 3.15. The molecule has 0 aliphatic carbocycles. The number of amides is 1. The first-order valence-corrected chi connectivity index (χ1v) is 7.33. The van der Waals surface area contributed by atoms with Gasteiger partial charge in [0, 0.05) is 24.5 Å². The fourth-order valence-corrected chi connectivity index (χ4v) is 4.33. The van der Waals surface area contributed by atoms with Gasteiger partial charge in [0.05, 0.1) is 11.7 Å². The Hall–Kier alpha value is -1.88. The van der Waals surface area contributed by atoms with Crippen LogP contribution >= 0.6 is 0 Å². The van der Waals surface area contributed by atoms with Gasteiger partial charge in [-0.25, -0.2) is 0 Å². The molecule has 4 atom stereocenters. The van der Waals surface area contributed by atoms with E-state index in [-0.39, 0.29) is 5.91 Å². The molecular weight excluding hydrogens is 252 g/mol. The smallest absolute Gasteiger partial charge is 0.276 e. The molecule has 4 fully saturated rings. The van der Waals surface area contributed by atoms with Crippen molar-refractivity contribution in [3.8, 4) is 0 Å². The quantitative estimate of drug-likeness (QED) is 0.851. The van der Waals surface area contributed by atoms with E-state index < -0.39 is 0 Å². The molecule has 6 rings (SSSR count). The number of benzene rings is 1. The number of aromatic amines is 1. The third-order valence-electron chi connectivity index (χ3n) is 5.27. The minimum absolute atomic E-state index is 0.101. The fourth-order valence-electron chi connectivity index (χ4n) is 4.33. The van der Waals surface area contributed by atoms with Gasteiger partial charge in [0.15, 0.2) is 5.69 Å². The van der Waals surface area contributed by atoms with Gasteiger partial charge in [0.25, 0.3) is 5.91 Å². The van der Waals surface area contributed by atoms with E-state index in [0.717, 1.165) is 30.4 Å². The highest BCUT2D eigenvalue weighted by molar-refractivity contribution is 6.05. The van der Waals surface area contributed by atoms with Crippen molar-refractivity contribution in [1.82, 2.24) is 20.0 Å². The zero-order valence-electron chi connectivity index (χ0n) is 11.1. The van der Waals surface area contributed by atoms with Gasteiger partial charge in [-0.3, -0.25) is 14.8 Å². The van der Waals surface area contributed by atoms with Crippen LogP contribution in [0.5, 0.6) is 0 Å². The normalized spacial score (nSPS) is 34.3. The largest absolute Gasteiger partial charge is 0.317 e. The number of para-hydroxylation sites is 1. The number of H-pyrrole nitrogens is 1. The lowest BCUT2D eigenvalue weighted by molar-refractivity contribution is 0.0655. The van der Waals surface area contributed by atoms with Crippen LogP contribution in [0.1, 0.15) is 23.3 Å². The zero-order chi connectivity index (χ0) is 13.3. The average molecular weight is 268 g/mol. The van der Waals surface area contributed by atoms with Gasteiger partial charge in [-0.05, 0) is 24.8 Å². The van der Waals surface area contributed by atoms with Crippen LogP contribution in [0.4, 0.5) is 0 Å². The van der Waals surface area contributed by atoms with Gasteiger partial charge in [0.1, 0.15) is 0 Å². The topological polar surface area (TPSA) is 52.2 Å². The zero-order valence-corrected chi connectivity index (χ0v) is 11.1. The lowest BCUT2D eigenvalue weighted by atomic mass is 9.88. The summed E-state index contributed by atoms with van der Waals surface area (Å²) in [4.78, 5) is 17.5. The Morgan fingerprint density at radius 2 is 2.25 bits per heavy atom. The number of nitrogens with zero attached hydrogens (tertiary/aromatic N) is 3. The molecule has 4 aliphatic rings. The summed E-state index contributed by atoms with van der Waals surface area (Å²) in [6.07, 6.45) is 2.71. The Morgan fingerprint density at radius 1 is 1.35 bits per heavy atom. The number of piperidine rings is 3. The highest BCUT2D eigenvalue weighted by Crippen LogP contribution is 2.45. The molecule has 1 aromatic heterocycles. The molecule has 5 heteroatoms. The van der Waals surface area contributed by atoms with E-state index >= 15 is 0 Å². The third-order valence-corrected chi connectivity index (χ3v) is 5.27. The standard InChI is InChI=1S/C15H16N4O/c20-15(14-10-3-1-2-4-11(10)16-17-14)19-12-8-18-6-5-9(12)7-13(18)19/h1-4,9,12-13H,5-8H2,(H,16,17)/t9-,12-,13-/m1/s1. The minimum atomic E-state index is 0.101. The lowest BCUT2D eigenvalue weighted by Crippen LogP contribution is -2.44. The molecule has 4 aliphatic heterocycles. The second-order valence-electron chi connectivity index (χ2n) is 6.16. The Bertz CT molecular complexity index is 691. The summed E-state index contributed by atoms with van der Waals surface area (Å²) in [6.45, 7) is 2.21. The summed E-state index contributed by atoms with van der Waals surface area (Å²) in [5, 5.41) is 8.18. The van der Waals surface area contributed by atoms with E-state index in [9.17, 15) is 4.79 Å². The summed E-state index contributed by atoms with van der Waals surface area (Å²) in [5.74, 6) is 0.809. The van der Waals surface area contributed by atoms with Crippen molar-refractivity contribution in [2.45, 2.75) is 25.0 Å². The molecule has 20 heavy (non-hydrogen) atoms. The summed E-state index contributed by atoms with van der Waals surface area (Å²) >= 11 is 0. The number of fused-ring (bicyclic) bond motifs is 2. The molecule has 5 heterocycles. The van der Waals surface area contributed by atoms with Crippen molar-refractivity contribution < 1.29 is 4.79 Å². The molecule has 0 radical (unpaired) electrons. The Kier molecular flexibility index (Phi) is 1.96. The van der Waals surface area contributed by atoms with Gasteiger partial charge in [-0.15, -0.1) is 0 Å². The second-order valence-corrected chi connectivity index (χ2v) is 6.16. The van der Waals surface area contributed by atoms with Crippen molar-refractivity contribution in [3.05, 3.63) is 30.0 Å². The van der Waals surface area contributed by atoms with Crippen molar-refractivity contribution in [2.75, 3.05) is 13.1 Å². The summed E-state index contributed by atoms with van der Waals surface area (Å²) < 4.78 is 0. The van der Waals surface area contributed by atoms with Gasteiger partial charge < -0.3 is 4.90 Å². The molecule has 0 saturated carbocycles. The number of hydrogen-bond donors (Lipinski definition) is 1. The molecule has 1 unspecified atom stereocenters. The highest BCUT2D eigenvalue weighted by Gasteiger charge is 2.55. The molecule has 0 spiro atoms. The van der Waals surface area contributed by atoms with Crippen LogP contribution in [-0.2, 0) is 0 Å². The van der Waals surface area contributed by atoms with Crippen molar-refractivity contribution in [1.29, 1.82) is 0 Å². The molecule has 1 N–H and O–H groups in total. The van der Waals surface area contributed by atoms with E-state index in [2.05, 4.69) is 20.0 Å². The molecular formula is C15H16N4O. The first-order chi connectivity index (χ1) is 9.83. The van der Waals surface area contributed by atoms with Crippen LogP contribution in [0.15, 0.2) is 24.3 Å². The predicted molar refractivity (Wildman–Crippen MR) is 74.1 cm³/mol. The van der Waals surface area contributed by atoms with Crippen LogP contribution in [0.3, 0.4) is 0 Å². The maximum atomic E-state index is 12.9. The van der Waals surface area contributed by atoms with E-state index in [4.69, 9.17) is 0 Å². The number of aromatic nitrogens is 2. The van der Waals surface area contributed by atoms with E-state index in [0.29, 0.717) is 23.8 Å². The molecule has 5 nitrogen and oxygen atoms in total. The fraction of sp³-hybridized carbons (Fsp3) is 0.467. The van der Waals surface area contributed by atoms with Crippen LogP contribution in [0.25, 0.3) is 10.9 Å². The summed E-state index contributed by atoms with van der Waals surface area (Å²) in [7, 11) is 0. The van der Waals surface area contributed by atoms with Crippen LogP contribution in [-0.4, -0.2) is 51.2 Å². The number of nitrogens with one attached hydrogen (secondary N) is 1. The SMILES string of the molecule is O=C(c1n[nH]c2ccccc12)N1[C@@H]2CN3CC[C@@H]2C[C@H]31. The highest BCUT2D eigenvalue weighted by atomic mass is 16.2. The van der Waals surface area contributed by atoms with Gasteiger partial charge >= 0.3 is 0 Å². The van der Waals surface area contributed by atoms with Crippen LogP contribution in [0, 0.1) is 5.92 Å². The van der Waals surface area contributed by atoms with Gasteiger partial charge in [0.2, 0.25) is 0 Å². The Morgan fingerprint density at radius 3 is 3.00 bits per heavy atom. The van der Waals surface area contributed by atoms with Crippen molar-refractivity contribution in [2.24, 2.45) is 5.92 Å². The summed E-state index contributed by atoms with van der Waals surface area (Å²) in [6, 6.07) is 8.27. The number of carbonyl (C=O) groups excluding carboxylic acids is 1. The minimum Gasteiger partial charge on any atom is -0.317 e. The van der Waals surface area contributed by atoms with Crippen LogP contribution < -0.4 is 0 Å². The maximum absolute atomic E-state index is 12.9. The Balaban J connectivity index is 1.58. The predicted octanol–water partition coefficient (Wildman–Crippen LogP) is 1.44. The van der Waals surface area contributed by atoms with E-state index in [1.54, 1.807) is 0 Å².